The summed E-state index contributed by atoms with van der Waals surface area (Å²) in [5.74, 6) is -2.92. The van der Waals surface area contributed by atoms with Crippen LogP contribution in [0.25, 0.3) is 44.1 Å². The molecule has 2 unspecified atom stereocenters. The van der Waals surface area contributed by atoms with E-state index in [4.69, 9.17) is 0 Å². The summed E-state index contributed by atoms with van der Waals surface area (Å²) in [5, 5.41) is 13.2. The van der Waals surface area contributed by atoms with Crippen molar-refractivity contribution in [1.29, 1.82) is 0 Å². The molecule has 1 aromatic carbocycles. The molecule has 0 saturated carbocycles. The van der Waals surface area contributed by atoms with Crippen molar-refractivity contribution in [2.24, 2.45) is 5.92 Å². The summed E-state index contributed by atoms with van der Waals surface area (Å²) < 4.78 is 31.9. The molecule has 216 valence electrons. The molecule has 4 N–H and O–H groups in total. The number of anilines is 2. The molecule has 13 heteroatoms. The van der Waals surface area contributed by atoms with Crippen molar-refractivity contribution in [3.63, 3.8) is 0 Å². The number of likely N-dealkylation sites (N-methyl/N-ethyl adjacent to an activating group) is 1. The van der Waals surface area contributed by atoms with E-state index in [1.165, 1.54) is 10.9 Å². The summed E-state index contributed by atoms with van der Waals surface area (Å²) in [7, 11) is 5.32. The molecule has 2 saturated heterocycles. The van der Waals surface area contributed by atoms with Crippen LogP contribution in [0.1, 0.15) is 16.8 Å². The highest BCUT2D eigenvalue weighted by Gasteiger charge is 2.41. The van der Waals surface area contributed by atoms with Gasteiger partial charge in [-0.2, -0.15) is 0 Å². The average molecular weight is 575 g/mol. The molecule has 0 bridgehead atoms. The molecule has 42 heavy (non-hydrogen) atoms. The number of hydrogen-bond acceptors (Lipinski definition) is 8. The number of pyridine rings is 3. The van der Waals surface area contributed by atoms with E-state index in [1.54, 1.807) is 32.6 Å². The maximum Gasteiger partial charge on any atom is 0.341 e. The highest BCUT2D eigenvalue weighted by Crippen LogP contribution is 2.45. The molecule has 2 atom stereocenters. The lowest BCUT2D eigenvalue weighted by Gasteiger charge is -2.26. The van der Waals surface area contributed by atoms with Crippen molar-refractivity contribution in [2.75, 3.05) is 56.4 Å². The van der Waals surface area contributed by atoms with E-state index < -0.39 is 28.6 Å². The molecular weight excluding hydrogens is 546 g/mol. The molecule has 2 aliphatic heterocycles. The van der Waals surface area contributed by atoms with E-state index in [2.05, 4.69) is 42.5 Å². The van der Waals surface area contributed by atoms with E-state index >= 15 is 4.39 Å². The standard InChI is InChI=1S/C29H28F2N8O3/c1-32-19-7-18(30)23(31)21-22-25(38-10-13-4-5-37(3)20(13)12-38)16(9-34-27(22)36-24(19)21)14-6-15-26(40)17(29(41)42)11-39(33-2)28(15)35-8-14/h6-9,11,13,20,32-33H,4-5,10,12H2,1-3H3,(H,34,36)(H,41,42). The zero-order chi connectivity index (χ0) is 29.4. The Hall–Kier alpha value is -4.78. The van der Waals surface area contributed by atoms with Crippen LogP contribution in [0.3, 0.4) is 0 Å². The Balaban J connectivity index is 1.55. The predicted octanol–water partition coefficient (Wildman–Crippen LogP) is 3.42. The topological polar surface area (TPSA) is 131 Å². The third-order valence-electron chi connectivity index (χ3n) is 8.80. The zero-order valence-electron chi connectivity index (χ0n) is 23.1. The van der Waals surface area contributed by atoms with Gasteiger partial charge in [-0.15, -0.1) is 0 Å². The minimum atomic E-state index is -1.36. The average Bonchev–Trinajstić information content (AvgIpc) is 3.68. The number of hydrogen-bond donors (Lipinski definition) is 4. The summed E-state index contributed by atoms with van der Waals surface area (Å²) >= 11 is 0. The number of H-pyrrole nitrogens is 1. The Morgan fingerprint density at radius 3 is 2.67 bits per heavy atom. The van der Waals surface area contributed by atoms with Crippen LogP contribution in [0, 0.1) is 17.6 Å². The number of carboxylic acids is 1. The summed E-state index contributed by atoms with van der Waals surface area (Å²) in [6.45, 7) is 2.38. The fourth-order valence-corrected chi connectivity index (χ4v) is 6.71. The van der Waals surface area contributed by atoms with Gasteiger partial charge in [0.1, 0.15) is 11.2 Å². The van der Waals surface area contributed by atoms with E-state index in [0.29, 0.717) is 64.1 Å². The second kappa shape index (κ2) is 9.38. The Morgan fingerprint density at radius 1 is 1.14 bits per heavy atom. The molecule has 0 spiro atoms. The fourth-order valence-electron chi connectivity index (χ4n) is 6.71. The van der Waals surface area contributed by atoms with Crippen LogP contribution < -0.4 is 21.1 Å². The number of halogens is 2. The second-order valence-electron chi connectivity index (χ2n) is 11.0. The molecule has 0 radical (unpaired) electrons. The van der Waals surface area contributed by atoms with Crippen molar-refractivity contribution < 1.29 is 18.7 Å². The van der Waals surface area contributed by atoms with Crippen LogP contribution in [0.15, 0.2) is 35.5 Å². The molecule has 0 amide bonds. The third-order valence-corrected chi connectivity index (χ3v) is 8.80. The minimum Gasteiger partial charge on any atom is -0.477 e. The number of rotatable bonds is 5. The van der Waals surface area contributed by atoms with Gasteiger partial charge in [0.15, 0.2) is 17.3 Å². The predicted molar refractivity (Wildman–Crippen MR) is 157 cm³/mol. The zero-order valence-corrected chi connectivity index (χ0v) is 23.1. The first-order valence-corrected chi connectivity index (χ1v) is 13.6. The number of aromatic amines is 1. The van der Waals surface area contributed by atoms with E-state index in [-0.39, 0.29) is 16.4 Å². The molecule has 6 heterocycles. The first-order valence-electron chi connectivity index (χ1n) is 13.6. The lowest BCUT2D eigenvalue weighted by Crippen LogP contribution is -2.32. The third kappa shape index (κ3) is 3.66. The van der Waals surface area contributed by atoms with Crippen LogP contribution in [-0.4, -0.2) is 82.4 Å². The number of fused-ring (bicyclic) bond motifs is 5. The van der Waals surface area contributed by atoms with Crippen LogP contribution in [0.5, 0.6) is 0 Å². The molecule has 0 aliphatic carbocycles. The van der Waals surface area contributed by atoms with Crippen molar-refractivity contribution in [3.8, 4) is 11.1 Å². The number of carboxylic acid groups (broad SMARTS) is 1. The molecule has 5 aromatic rings. The van der Waals surface area contributed by atoms with Crippen LogP contribution in [-0.2, 0) is 0 Å². The summed E-state index contributed by atoms with van der Waals surface area (Å²) in [5.41, 5.74) is 4.93. The Labute approximate surface area is 237 Å². The van der Waals surface area contributed by atoms with Crippen molar-refractivity contribution in [1.82, 2.24) is 24.5 Å². The van der Waals surface area contributed by atoms with Crippen LogP contribution in [0.4, 0.5) is 20.2 Å². The first-order chi connectivity index (χ1) is 20.2. The monoisotopic (exact) mass is 574 g/mol. The number of nitrogens with one attached hydrogen (secondary N) is 3. The molecule has 7 rings (SSSR count). The number of likely N-dealkylation sites (tertiary alicyclic amines) is 1. The Bertz CT molecular complexity index is 2010. The van der Waals surface area contributed by atoms with E-state index in [1.807, 2.05) is 0 Å². The van der Waals surface area contributed by atoms with Gasteiger partial charge in [0, 0.05) is 69.0 Å². The lowest BCUT2D eigenvalue weighted by molar-refractivity contribution is 0.0695. The quantitative estimate of drug-likeness (QED) is 0.249. The minimum absolute atomic E-state index is 0.0866. The lowest BCUT2D eigenvalue weighted by atomic mass is 10.0. The Kier molecular flexibility index (Phi) is 5.84. The largest absolute Gasteiger partial charge is 0.477 e. The van der Waals surface area contributed by atoms with E-state index in [9.17, 15) is 19.1 Å². The Morgan fingerprint density at radius 2 is 1.95 bits per heavy atom. The highest BCUT2D eigenvalue weighted by molar-refractivity contribution is 6.18. The van der Waals surface area contributed by atoms with Gasteiger partial charge in [-0.3, -0.25) is 4.79 Å². The molecule has 2 fully saturated rings. The van der Waals surface area contributed by atoms with Crippen molar-refractivity contribution in [2.45, 2.75) is 12.5 Å². The second-order valence-corrected chi connectivity index (χ2v) is 11.0. The van der Waals surface area contributed by atoms with E-state index in [0.717, 1.165) is 19.0 Å². The van der Waals surface area contributed by atoms with Gasteiger partial charge in [0.2, 0.25) is 5.43 Å². The highest BCUT2D eigenvalue weighted by atomic mass is 19.2. The number of benzene rings is 1. The van der Waals surface area contributed by atoms with Gasteiger partial charge in [-0.05, 0) is 32.0 Å². The number of nitrogens with zero attached hydrogens (tertiary/aromatic N) is 5. The van der Waals surface area contributed by atoms with Gasteiger partial charge >= 0.3 is 5.97 Å². The SMILES string of the molecule is CNc1cc(F)c(F)c2c1[nH]c1ncc(-c3cnc4c(c3)c(=O)c(C(=O)O)cn4NC)c(N3CC4CCN(C)C4C3)c12. The maximum atomic E-state index is 15.6. The van der Waals surface area contributed by atoms with Gasteiger partial charge in [0.05, 0.1) is 33.1 Å². The first kappa shape index (κ1) is 26.1. The smallest absolute Gasteiger partial charge is 0.341 e. The normalized spacial score (nSPS) is 18.8. The molecular formula is C29H28F2N8O3. The van der Waals surface area contributed by atoms with Gasteiger partial charge in [-0.1, -0.05) is 0 Å². The van der Waals surface area contributed by atoms with Crippen LogP contribution >= 0.6 is 0 Å². The van der Waals surface area contributed by atoms with Crippen LogP contribution in [0.2, 0.25) is 0 Å². The number of carbonyl (C=O) groups is 1. The van der Waals surface area contributed by atoms with Gasteiger partial charge in [-0.25, -0.2) is 28.2 Å². The molecule has 11 nitrogen and oxygen atoms in total. The fraction of sp³-hybridized carbons (Fsp3) is 0.310. The van der Waals surface area contributed by atoms with Crippen molar-refractivity contribution in [3.05, 3.63) is 58.1 Å². The maximum absolute atomic E-state index is 15.6. The van der Waals surface area contributed by atoms with Crippen molar-refractivity contribution >= 4 is 50.3 Å². The number of aromatic nitrogens is 4. The van der Waals surface area contributed by atoms with Gasteiger partial charge < -0.3 is 30.6 Å². The molecule has 2 aliphatic rings. The summed E-state index contributed by atoms with van der Waals surface area (Å²) in [6, 6.07) is 3.00. The molecule has 4 aromatic heterocycles. The number of aromatic carboxylic acids is 1. The summed E-state index contributed by atoms with van der Waals surface area (Å²) in [4.78, 5) is 41.9. The van der Waals surface area contributed by atoms with Gasteiger partial charge in [0.25, 0.3) is 0 Å². The summed E-state index contributed by atoms with van der Waals surface area (Å²) in [6.07, 6.45) is 5.44.